The average molecular weight is 271 g/mol. The molecular formula is C12H21N3O4. The second-order valence-corrected chi connectivity index (χ2v) is 4.94. The molecule has 0 saturated heterocycles. The predicted octanol–water partition coefficient (Wildman–Crippen LogP) is 0.0651. The van der Waals surface area contributed by atoms with Crippen molar-refractivity contribution in [2.45, 2.75) is 38.6 Å². The molecule has 0 aromatic heterocycles. The van der Waals surface area contributed by atoms with Gasteiger partial charge in [0.25, 0.3) is 0 Å². The first-order chi connectivity index (χ1) is 8.97. The van der Waals surface area contributed by atoms with Crippen molar-refractivity contribution in [2.24, 2.45) is 5.92 Å². The molecule has 7 nitrogen and oxygen atoms in total. The molecule has 0 aliphatic heterocycles. The molecule has 1 saturated carbocycles. The fraction of sp³-hybridized carbons (Fsp3) is 0.750. The summed E-state index contributed by atoms with van der Waals surface area (Å²) in [4.78, 5) is 33.0. The second-order valence-electron chi connectivity index (χ2n) is 4.94. The summed E-state index contributed by atoms with van der Waals surface area (Å²) in [5.74, 6) is -0.938. The van der Waals surface area contributed by atoms with Gasteiger partial charge in [0.2, 0.25) is 5.91 Å². The van der Waals surface area contributed by atoms with Gasteiger partial charge in [-0.25, -0.2) is 4.79 Å². The van der Waals surface area contributed by atoms with Gasteiger partial charge in [-0.05, 0) is 25.2 Å². The van der Waals surface area contributed by atoms with Gasteiger partial charge in [-0.3, -0.25) is 9.59 Å². The van der Waals surface area contributed by atoms with E-state index in [1.165, 1.54) is 0 Å². The topological polar surface area (TPSA) is 108 Å². The lowest BCUT2D eigenvalue weighted by atomic mass is 10.1. The minimum Gasteiger partial charge on any atom is -0.481 e. The number of hydrogen-bond donors (Lipinski definition) is 4. The zero-order valence-corrected chi connectivity index (χ0v) is 11.1. The average Bonchev–Trinajstić information content (AvgIpc) is 3.15. The maximum Gasteiger partial charge on any atom is 0.315 e. The Bertz CT molecular complexity index is 342. The lowest BCUT2D eigenvalue weighted by molar-refractivity contribution is -0.137. The van der Waals surface area contributed by atoms with Crippen LogP contribution in [-0.2, 0) is 9.59 Å². The molecule has 1 aliphatic carbocycles. The molecule has 7 heteroatoms. The number of amides is 3. The van der Waals surface area contributed by atoms with Gasteiger partial charge in [0.05, 0.1) is 6.54 Å². The van der Waals surface area contributed by atoms with Crippen molar-refractivity contribution in [1.29, 1.82) is 0 Å². The van der Waals surface area contributed by atoms with Gasteiger partial charge < -0.3 is 21.1 Å². The van der Waals surface area contributed by atoms with Crippen molar-refractivity contribution in [3.05, 3.63) is 0 Å². The highest BCUT2D eigenvalue weighted by atomic mass is 16.4. The van der Waals surface area contributed by atoms with E-state index in [0.29, 0.717) is 13.0 Å². The molecule has 4 N–H and O–H groups in total. The standard InChI is InChI=1S/C12H21N3O4/c1-8(2-5-11(17)18)6-13-12(19)14-7-10(16)15-9-3-4-9/h8-9H,2-7H2,1H3,(H,15,16)(H,17,18)(H2,13,14,19). The Morgan fingerprint density at radius 2 is 1.95 bits per heavy atom. The van der Waals surface area contributed by atoms with Crippen LogP contribution in [0.5, 0.6) is 0 Å². The van der Waals surface area contributed by atoms with Crippen molar-refractivity contribution in [1.82, 2.24) is 16.0 Å². The fourth-order valence-electron chi connectivity index (χ4n) is 1.47. The van der Waals surface area contributed by atoms with E-state index in [1.807, 2.05) is 6.92 Å². The summed E-state index contributed by atoms with van der Waals surface area (Å²) in [5.41, 5.74) is 0. The summed E-state index contributed by atoms with van der Waals surface area (Å²) in [6, 6.07) is -0.124. The summed E-state index contributed by atoms with van der Waals surface area (Å²) >= 11 is 0. The molecule has 108 valence electrons. The molecule has 0 bridgehead atoms. The van der Waals surface area contributed by atoms with Crippen LogP contribution >= 0.6 is 0 Å². The number of carboxylic acid groups (broad SMARTS) is 1. The number of rotatable bonds is 8. The number of nitrogens with one attached hydrogen (secondary N) is 3. The summed E-state index contributed by atoms with van der Waals surface area (Å²) in [6.45, 7) is 2.22. The number of hydrogen-bond acceptors (Lipinski definition) is 3. The Labute approximate surface area is 112 Å². The molecule has 1 aliphatic rings. The third-order valence-electron chi connectivity index (χ3n) is 2.81. The molecular weight excluding hydrogens is 250 g/mol. The van der Waals surface area contributed by atoms with E-state index in [9.17, 15) is 14.4 Å². The Morgan fingerprint density at radius 1 is 1.26 bits per heavy atom. The number of aliphatic carboxylic acids is 1. The van der Waals surface area contributed by atoms with Crippen molar-refractivity contribution < 1.29 is 19.5 Å². The third-order valence-corrected chi connectivity index (χ3v) is 2.81. The largest absolute Gasteiger partial charge is 0.481 e. The predicted molar refractivity (Wildman–Crippen MR) is 68.6 cm³/mol. The molecule has 1 fully saturated rings. The van der Waals surface area contributed by atoms with Gasteiger partial charge in [-0.1, -0.05) is 6.92 Å². The van der Waals surface area contributed by atoms with Crippen LogP contribution in [0.4, 0.5) is 4.79 Å². The van der Waals surface area contributed by atoms with Crippen LogP contribution < -0.4 is 16.0 Å². The molecule has 0 spiro atoms. The smallest absolute Gasteiger partial charge is 0.315 e. The molecule has 1 unspecified atom stereocenters. The number of carbonyl (C=O) groups excluding carboxylic acids is 2. The molecule has 0 aromatic carbocycles. The summed E-state index contributed by atoms with van der Waals surface area (Å²) < 4.78 is 0. The molecule has 1 atom stereocenters. The molecule has 1 rings (SSSR count). The van der Waals surface area contributed by atoms with E-state index < -0.39 is 12.0 Å². The Hall–Kier alpha value is -1.79. The molecule has 0 radical (unpaired) electrons. The SMILES string of the molecule is CC(CCC(=O)O)CNC(=O)NCC(=O)NC1CC1. The monoisotopic (exact) mass is 271 g/mol. The quantitative estimate of drug-likeness (QED) is 0.501. The van der Waals surface area contributed by atoms with Gasteiger partial charge >= 0.3 is 12.0 Å². The van der Waals surface area contributed by atoms with Crippen LogP contribution in [0.15, 0.2) is 0 Å². The van der Waals surface area contributed by atoms with E-state index in [2.05, 4.69) is 16.0 Å². The second kappa shape index (κ2) is 7.60. The van der Waals surface area contributed by atoms with Crippen LogP contribution in [0.25, 0.3) is 0 Å². The normalized spacial score (nSPS) is 15.4. The highest BCUT2D eigenvalue weighted by molar-refractivity contribution is 5.84. The fourth-order valence-corrected chi connectivity index (χ4v) is 1.47. The highest BCUT2D eigenvalue weighted by Gasteiger charge is 2.23. The first-order valence-electron chi connectivity index (χ1n) is 6.50. The lowest BCUT2D eigenvalue weighted by Crippen LogP contribution is -2.43. The molecule has 0 heterocycles. The van der Waals surface area contributed by atoms with E-state index >= 15 is 0 Å². The van der Waals surface area contributed by atoms with Gasteiger partial charge in [-0.15, -0.1) is 0 Å². The van der Waals surface area contributed by atoms with Crippen LogP contribution in [0.2, 0.25) is 0 Å². The zero-order valence-electron chi connectivity index (χ0n) is 11.1. The van der Waals surface area contributed by atoms with Crippen LogP contribution in [0.3, 0.4) is 0 Å². The van der Waals surface area contributed by atoms with E-state index in [1.54, 1.807) is 0 Å². The molecule has 3 amide bonds. The highest BCUT2D eigenvalue weighted by Crippen LogP contribution is 2.18. The van der Waals surface area contributed by atoms with Crippen LogP contribution in [0, 0.1) is 5.92 Å². The molecule has 0 aromatic rings. The lowest BCUT2D eigenvalue weighted by Gasteiger charge is -2.12. The van der Waals surface area contributed by atoms with Crippen molar-refractivity contribution in [3.63, 3.8) is 0 Å². The van der Waals surface area contributed by atoms with E-state index in [0.717, 1.165) is 12.8 Å². The van der Waals surface area contributed by atoms with Gasteiger partial charge in [0.15, 0.2) is 0 Å². The van der Waals surface area contributed by atoms with Crippen molar-refractivity contribution >= 4 is 17.9 Å². The first kappa shape index (κ1) is 15.3. The zero-order chi connectivity index (χ0) is 14.3. The van der Waals surface area contributed by atoms with Crippen LogP contribution in [0.1, 0.15) is 32.6 Å². The maximum atomic E-state index is 11.4. The third kappa shape index (κ3) is 8.01. The van der Waals surface area contributed by atoms with Gasteiger partial charge in [0.1, 0.15) is 0 Å². The van der Waals surface area contributed by atoms with Crippen molar-refractivity contribution in [3.8, 4) is 0 Å². The minimum absolute atomic E-state index is 0.0359. The summed E-state index contributed by atoms with van der Waals surface area (Å²) in [7, 11) is 0. The van der Waals surface area contributed by atoms with E-state index in [-0.39, 0.29) is 30.8 Å². The summed E-state index contributed by atoms with van der Waals surface area (Å²) in [5, 5.41) is 16.3. The Kier molecular flexibility index (Phi) is 6.11. The number of carboxylic acids is 1. The Balaban J connectivity index is 2.02. The van der Waals surface area contributed by atoms with Crippen molar-refractivity contribution in [2.75, 3.05) is 13.1 Å². The number of carbonyl (C=O) groups is 3. The maximum absolute atomic E-state index is 11.4. The Morgan fingerprint density at radius 3 is 2.53 bits per heavy atom. The molecule has 19 heavy (non-hydrogen) atoms. The summed E-state index contributed by atoms with van der Waals surface area (Å²) in [6.07, 6.45) is 2.63. The first-order valence-corrected chi connectivity index (χ1v) is 6.50. The minimum atomic E-state index is -0.840. The number of urea groups is 1. The van der Waals surface area contributed by atoms with Crippen LogP contribution in [-0.4, -0.2) is 42.1 Å². The van der Waals surface area contributed by atoms with Gasteiger partial charge in [-0.2, -0.15) is 0 Å². The van der Waals surface area contributed by atoms with Gasteiger partial charge in [0, 0.05) is 19.0 Å². The van der Waals surface area contributed by atoms with E-state index in [4.69, 9.17) is 5.11 Å².